The van der Waals surface area contributed by atoms with E-state index in [1.54, 1.807) is 0 Å². The van der Waals surface area contributed by atoms with Gasteiger partial charge in [-0.05, 0) is 44.8 Å². The van der Waals surface area contributed by atoms with Crippen molar-refractivity contribution in [2.45, 2.75) is 68.7 Å². The average molecular weight is 257 g/mol. The Kier molecular flexibility index (Phi) is 4.36. The molecule has 0 saturated heterocycles. The molecule has 2 saturated carbocycles. The van der Waals surface area contributed by atoms with Gasteiger partial charge in [0.25, 0.3) is 0 Å². The lowest BCUT2D eigenvalue weighted by Gasteiger charge is -2.26. The number of carbonyl (C=O) groups is 1. The van der Waals surface area contributed by atoms with Gasteiger partial charge in [-0.3, -0.25) is 10.1 Å². The predicted molar refractivity (Wildman–Crippen MR) is 71.5 cm³/mol. The number of rotatable bonds is 7. The number of thioether (sulfide) groups is 1. The second-order valence-corrected chi connectivity index (χ2v) is 6.99. The lowest BCUT2D eigenvalue weighted by molar-refractivity contribution is -0.144. The van der Waals surface area contributed by atoms with Gasteiger partial charge >= 0.3 is 5.97 Å². The highest BCUT2D eigenvalue weighted by Crippen LogP contribution is 2.31. The molecule has 0 amide bonds. The molecule has 0 aromatic carbocycles. The summed E-state index contributed by atoms with van der Waals surface area (Å²) in [6.45, 7) is 1.84. The maximum absolute atomic E-state index is 11.3. The SMILES string of the molecule is CC(CCSC1CCCC1)(NC1CC1)C(=O)O. The fourth-order valence-electron chi connectivity index (χ4n) is 2.40. The van der Waals surface area contributed by atoms with E-state index in [1.807, 2.05) is 18.7 Å². The van der Waals surface area contributed by atoms with E-state index in [0.29, 0.717) is 6.04 Å². The Morgan fingerprint density at radius 1 is 1.35 bits per heavy atom. The molecule has 98 valence electrons. The Labute approximate surface area is 108 Å². The molecule has 0 aliphatic heterocycles. The summed E-state index contributed by atoms with van der Waals surface area (Å²) in [4.78, 5) is 11.3. The molecule has 1 unspecified atom stereocenters. The predicted octanol–water partition coefficient (Wildman–Crippen LogP) is 2.65. The van der Waals surface area contributed by atoms with E-state index in [0.717, 1.165) is 30.3 Å². The lowest BCUT2D eigenvalue weighted by atomic mass is 9.99. The van der Waals surface area contributed by atoms with E-state index in [9.17, 15) is 9.90 Å². The van der Waals surface area contributed by atoms with Crippen LogP contribution in [-0.2, 0) is 4.79 Å². The van der Waals surface area contributed by atoms with Gasteiger partial charge in [0, 0.05) is 11.3 Å². The van der Waals surface area contributed by atoms with Crippen LogP contribution in [0.2, 0.25) is 0 Å². The van der Waals surface area contributed by atoms with E-state index < -0.39 is 11.5 Å². The molecule has 1 atom stereocenters. The van der Waals surface area contributed by atoms with Crippen molar-refractivity contribution in [3.8, 4) is 0 Å². The molecule has 2 rings (SSSR count). The molecule has 2 aliphatic carbocycles. The molecule has 3 nitrogen and oxygen atoms in total. The zero-order valence-electron chi connectivity index (χ0n) is 10.6. The third kappa shape index (κ3) is 3.88. The van der Waals surface area contributed by atoms with Crippen molar-refractivity contribution in [1.82, 2.24) is 5.32 Å². The smallest absolute Gasteiger partial charge is 0.323 e. The highest BCUT2D eigenvalue weighted by Gasteiger charge is 2.38. The normalized spacial score (nSPS) is 24.8. The molecule has 2 fully saturated rings. The van der Waals surface area contributed by atoms with Crippen LogP contribution >= 0.6 is 11.8 Å². The maximum Gasteiger partial charge on any atom is 0.323 e. The van der Waals surface area contributed by atoms with Crippen molar-refractivity contribution in [3.05, 3.63) is 0 Å². The number of hydrogen-bond acceptors (Lipinski definition) is 3. The highest BCUT2D eigenvalue weighted by molar-refractivity contribution is 7.99. The fraction of sp³-hybridized carbons (Fsp3) is 0.923. The van der Waals surface area contributed by atoms with E-state index in [4.69, 9.17) is 0 Å². The van der Waals surface area contributed by atoms with Gasteiger partial charge < -0.3 is 5.11 Å². The summed E-state index contributed by atoms with van der Waals surface area (Å²) in [5, 5.41) is 13.4. The number of nitrogens with one attached hydrogen (secondary N) is 1. The summed E-state index contributed by atoms with van der Waals surface area (Å²) in [7, 11) is 0. The van der Waals surface area contributed by atoms with Gasteiger partial charge in [-0.1, -0.05) is 12.8 Å². The Morgan fingerprint density at radius 2 is 2.00 bits per heavy atom. The molecule has 0 aromatic heterocycles. The van der Waals surface area contributed by atoms with Crippen LogP contribution in [0.4, 0.5) is 0 Å². The molecule has 2 N–H and O–H groups in total. The molecular weight excluding hydrogens is 234 g/mol. The van der Waals surface area contributed by atoms with E-state index in [2.05, 4.69) is 5.32 Å². The van der Waals surface area contributed by atoms with Gasteiger partial charge in [-0.2, -0.15) is 11.8 Å². The molecule has 4 heteroatoms. The van der Waals surface area contributed by atoms with Crippen LogP contribution in [0.25, 0.3) is 0 Å². The third-order valence-corrected chi connectivity index (χ3v) is 5.21. The number of hydrogen-bond donors (Lipinski definition) is 2. The molecule has 0 bridgehead atoms. The average Bonchev–Trinajstić information content (AvgIpc) is 2.93. The van der Waals surface area contributed by atoms with E-state index in [-0.39, 0.29) is 0 Å². The Balaban J connectivity index is 1.73. The van der Waals surface area contributed by atoms with Crippen LogP contribution < -0.4 is 5.32 Å². The summed E-state index contributed by atoms with van der Waals surface area (Å²) in [6, 6.07) is 0.451. The third-order valence-electron chi connectivity index (χ3n) is 3.83. The van der Waals surface area contributed by atoms with Gasteiger partial charge in [-0.15, -0.1) is 0 Å². The highest BCUT2D eigenvalue weighted by atomic mass is 32.2. The monoisotopic (exact) mass is 257 g/mol. The summed E-state index contributed by atoms with van der Waals surface area (Å²) in [6.07, 6.45) is 8.37. The molecule has 0 heterocycles. The minimum absolute atomic E-state index is 0.451. The van der Waals surface area contributed by atoms with Crippen molar-refractivity contribution in [1.29, 1.82) is 0 Å². The second-order valence-electron chi connectivity index (χ2n) is 5.58. The molecule has 0 aromatic rings. The zero-order chi connectivity index (χ0) is 12.3. The van der Waals surface area contributed by atoms with Crippen molar-refractivity contribution < 1.29 is 9.90 Å². The van der Waals surface area contributed by atoms with Crippen molar-refractivity contribution >= 4 is 17.7 Å². The van der Waals surface area contributed by atoms with Crippen molar-refractivity contribution in [3.63, 3.8) is 0 Å². The zero-order valence-corrected chi connectivity index (χ0v) is 11.4. The Hall–Kier alpha value is -0.220. The molecule has 0 spiro atoms. The standard InChI is InChI=1S/C13H23NO2S/c1-13(12(15)16,14-10-6-7-10)8-9-17-11-4-2-3-5-11/h10-11,14H,2-9H2,1H3,(H,15,16). The quantitative estimate of drug-likeness (QED) is 0.736. The first-order valence-electron chi connectivity index (χ1n) is 6.73. The van der Waals surface area contributed by atoms with Crippen LogP contribution in [0.1, 0.15) is 51.9 Å². The van der Waals surface area contributed by atoms with Gasteiger partial charge in [-0.25, -0.2) is 0 Å². The minimum atomic E-state index is -0.716. The first-order valence-corrected chi connectivity index (χ1v) is 7.78. The molecule has 2 aliphatic rings. The lowest BCUT2D eigenvalue weighted by Crippen LogP contribution is -2.51. The van der Waals surface area contributed by atoms with Crippen LogP contribution in [0, 0.1) is 0 Å². The van der Waals surface area contributed by atoms with Gasteiger partial charge in [0.1, 0.15) is 5.54 Å². The molecular formula is C13H23NO2S. The number of carboxylic acids is 1. The Morgan fingerprint density at radius 3 is 2.53 bits per heavy atom. The first-order chi connectivity index (χ1) is 8.10. The number of carboxylic acid groups (broad SMARTS) is 1. The summed E-state index contributed by atoms with van der Waals surface area (Å²) >= 11 is 1.97. The topological polar surface area (TPSA) is 49.3 Å². The molecule has 0 radical (unpaired) electrons. The maximum atomic E-state index is 11.3. The van der Waals surface area contributed by atoms with Crippen LogP contribution in [0.15, 0.2) is 0 Å². The van der Waals surface area contributed by atoms with Crippen molar-refractivity contribution in [2.24, 2.45) is 0 Å². The summed E-state index contributed by atoms with van der Waals surface area (Å²) in [5.41, 5.74) is -0.716. The van der Waals surface area contributed by atoms with Crippen molar-refractivity contribution in [2.75, 3.05) is 5.75 Å². The summed E-state index contributed by atoms with van der Waals surface area (Å²) in [5.74, 6) is 0.268. The summed E-state index contributed by atoms with van der Waals surface area (Å²) < 4.78 is 0. The Bertz CT molecular complexity index is 275. The van der Waals surface area contributed by atoms with Gasteiger partial charge in [0.2, 0.25) is 0 Å². The van der Waals surface area contributed by atoms with Crippen LogP contribution in [0.5, 0.6) is 0 Å². The van der Waals surface area contributed by atoms with Crippen LogP contribution in [-0.4, -0.2) is 33.7 Å². The van der Waals surface area contributed by atoms with Gasteiger partial charge in [0.15, 0.2) is 0 Å². The molecule has 17 heavy (non-hydrogen) atoms. The fourth-order valence-corrected chi connectivity index (χ4v) is 3.93. The van der Waals surface area contributed by atoms with E-state index in [1.165, 1.54) is 25.7 Å². The second kappa shape index (κ2) is 5.61. The van der Waals surface area contributed by atoms with E-state index >= 15 is 0 Å². The van der Waals surface area contributed by atoms with Crippen LogP contribution in [0.3, 0.4) is 0 Å². The minimum Gasteiger partial charge on any atom is -0.480 e. The first kappa shape index (κ1) is 13.2. The largest absolute Gasteiger partial charge is 0.480 e. The van der Waals surface area contributed by atoms with Gasteiger partial charge in [0.05, 0.1) is 0 Å². The number of aliphatic carboxylic acids is 1.